The zero-order chi connectivity index (χ0) is 16.8. The third-order valence-electron chi connectivity index (χ3n) is 2.91. The first-order valence-corrected chi connectivity index (χ1v) is 7.31. The highest BCUT2D eigenvalue weighted by atomic mass is 79.9. The normalized spacial score (nSPS) is 10.9. The van der Waals surface area contributed by atoms with Crippen LogP contribution in [-0.2, 0) is 4.79 Å². The van der Waals surface area contributed by atoms with Crippen LogP contribution in [0, 0.1) is 17.1 Å². The summed E-state index contributed by atoms with van der Waals surface area (Å²) in [4.78, 5) is 10.6. The number of rotatable bonds is 5. The number of carbonyl (C=O) groups is 1. The first-order chi connectivity index (χ1) is 11.0. The van der Waals surface area contributed by atoms with Gasteiger partial charge in [-0.15, -0.1) is 0 Å². The van der Waals surface area contributed by atoms with Gasteiger partial charge in [-0.3, -0.25) is 0 Å². The molecule has 23 heavy (non-hydrogen) atoms. The predicted molar refractivity (Wildman–Crippen MR) is 87.2 cm³/mol. The fourth-order valence-corrected chi connectivity index (χ4v) is 2.29. The Morgan fingerprint density at radius 2 is 2.09 bits per heavy atom. The van der Waals surface area contributed by atoms with E-state index < -0.39 is 18.4 Å². The molecular weight excluding hydrogens is 365 g/mol. The van der Waals surface area contributed by atoms with E-state index in [4.69, 9.17) is 9.84 Å². The lowest BCUT2D eigenvalue weighted by molar-refractivity contribution is -0.139. The van der Waals surface area contributed by atoms with Crippen molar-refractivity contribution in [2.75, 3.05) is 6.61 Å². The van der Waals surface area contributed by atoms with Crippen molar-refractivity contribution in [3.8, 4) is 11.8 Å². The van der Waals surface area contributed by atoms with Gasteiger partial charge in [0.2, 0.25) is 0 Å². The first-order valence-electron chi connectivity index (χ1n) is 6.52. The summed E-state index contributed by atoms with van der Waals surface area (Å²) < 4.78 is 19.8. The number of nitriles is 1. The smallest absolute Gasteiger partial charge is 0.341 e. The van der Waals surface area contributed by atoms with Crippen molar-refractivity contribution >= 4 is 33.5 Å². The summed E-state index contributed by atoms with van der Waals surface area (Å²) in [5.74, 6) is -1.33. The lowest BCUT2D eigenvalue weighted by atomic mass is 10.0. The molecule has 116 valence electrons. The Labute approximate surface area is 140 Å². The molecule has 0 atom stereocenters. The van der Waals surface area contributed by atoms with Crippen molar-refractivity contribution in [1.82, 2.24) is 0 Å². The molecule has 0 saturated heterocycles. The lowest BCUT2D eigenvalue weighted by Gasteiger charge is -2.09. The second-order valence-corrected chi connectivity index (χ2v) is 5.43. The third kappa shape index (κ3) is 4.41. The molecule has 0 spiro atoms. The monoisotopic (exact) mass is 375 g/mol. The maximum absolute atomic E-state index is 13.9. The van der Waals surface area contributed by atoms with Gasteiger partial charge < -0.3 is 9.84 Å². The van der Waals surface area contributed by atoms with Crippen LogP contribution in [0.4, 0.5) is 4.39 Å². The molecule has 2 rings (SSSR count). The predicted octanol–water partition coefficient (Wildman–Crippen LogP) is 4.12. The van der Waals surface area contributed by atoms with Crippen LogP contribution in [0.1, 0.15) is 11.1 Å². The summed E-state index contributed by atoms with van der Waals surface area (Å²) >= 11 is 3.30. The zero-order valence-electron chi connectivity index (χ0n) is 11.8. The van der Waals surface area contributed by atoms with Crippen LogP contribution < -0.4 is 4.74 Å². The number of carboxylic acid groups (broad SMARTS) is 1. The van der Waals surface area contributed by atoms with E-state index in [1.807, 2.05) is 6.07 Å². The molecule has 0 bridgehead atoms. The Bertz CT molecular complexity index is 812. The third-order valence-corrected chi connectivity index (χ3v) is 3.40. The molecule has 0 radical (unpaired) electrons. The Kier molecular flexibility index (Phi) is 5.50. The molecule has 2 aromatic carbocycles. The highest BCUT2D eigenvalue weighted by Crippen LogP contribution is 2.28. The van der Waals surface area contributed by atoms with Gasteiger partial charge in [0.25, 0.3) is 0 Å². The average Bonchev–Trinajstić information content (AvgIpc) is 2.52. The molecule has 0 aromatic heterocycles. The fraction of sp³-hybridized carbons (Fsp3) is 0.0588. The van der Waals surface area contributed by atoms with Crippen LogP contribution >= 0.6 is 15.9 Å². The van der Waals surface area contributed by atoms with Gasteiger partial charge in [-0.2, -0.15) is 5.26 Å². The van der Waals surface area contributed by atoms with Gasteiger partial charge in [-0.25, -0.2) is 9.18 Å². The van der Waals surface area contributed by atoms with Crippen LogP contribution in [0.2, 0.25) is 0 Å². The summed E-state index contributed by atoms with van der Waals surface area (Å²) in [5.41, 5.74) is 0.751. The van der Waals surface area contributed by atoms with E-state index in [1.54, 1.807) is 24.3 Å². The molecule has 6 heteroatoms. The van der Waals surface area contributed by atoms with Gasteiger partial charge in [0.1, 0.15) is 11.6 Å². The molecule has 1 N–H and O–H groups in total. The number of halogens is 2. The zero-order valence-corrected chi connectivity index (χ0v) is 13.4. The Morgan fingerprint density at radius 1 is 1.35 bits per heavy atom. The Hall–Kier alpha value is -2.65. The number of benzene rings is 2. The number of hydrogen-bond acceptors (Lipinski definition) is 3. The fourth-order valence-electron chi connectivity index (χ4n) is 1.91. The van der Waals surface area contributed by atoms with E-state index in [-0.39, 0.29) is 11.1 Å². The minimum absolute atomic E-state index is 0.112. The van der Waals surface area contributed by atoms with Crippen LogP contribution in [0.3, 0.4) is 0 Å². The van der Waals surface area contributed by atoms with E-state index in [1.165, 1.54) is 24.3 Å². The molecule has 0 aliphatic rings. The maximum atomic E-state index is 13.9. The second-order valence-electron chi connectivity index (χ2n) is 4.51. The minimum Gasteiger partial charge on any atom is -0.481 e. The lowest BCUT2D eigenvalue weighted by Crippen LogP contribution is -2.10. The summed E-state index contributed by atoms with van der Waals surface area (Å²) in [6.07, 6.45) is 1.46. The molecule has 0 unspecified atom stereocenters. The second kappa shape index (κ2) is 7.56. The average molecular weight is 376 g/mol. The molecule has 0 heterocycles. The molecule has 4 nitrogen and oxygen atoms in total. The molecule has 2 aromatic rings. The van der Waals surface area contributed by atoms with Crippen molar-refractivity contribution in [2.45, 2.75) is 0 Å². The molecule has 0 saturated carbocycles. The van der Waals surface area contributed by atoms with E-state index in [0.29, 0.717) is 11.3 Å². The van der Waals surface area contributed by atoms with Crippen LogP contribution in [-0.4, -0.2) is 17.7 Å². The van der Waals surface area contributed by atoms with Crippen molar-refractivity contribution in [1.29, 1.82) is 5.26 Å². The van der Waals surface area contributed by atoms with E-state index in [0.717, 1.165) is 4.47 Å². The van der Waals surface area contributed by atoms with Gasteiger partial charge in [0, 0.05) is 15.6 Å². The number of hydrogen-bond donors (Lipinski definition) is 1. The number of nitrogens with zero attached hydrogens (tertiary/aromatic N) is 1. The largest absolute Gasteiger partial charge is 0.481 e. The molecule has 0 aliphatic heterocycles. The van der Waals surface area contributed by atoms with Crippen LogP contribution in [0.5, 0.6) is 5.75 Å². The maximum Gasteiger partial charge on any atom is 0.341 e. The highest BCUT2D eigenvalue weighted by Gasteiger charge is 2.10. The summed E-state index contributed by atoms with van der Waals surface area (Å²) in [6, 6.07) is 12.8. The Morgan fingerprint density at radius 3 is 2.74 bits per heavy atom. The van der Waals surface area contributed by atoms with Gasteiger partial charge in [0.15, 0.2) is 6.61 Å². The van der Waals surface area contributed by atoms with Crippen molar-refractivity contribution in [2.24, 2.45) is 0 Å². The van der Waals surface area contributed by atoms with Crippen LogP contribution in [0.25, 0.3) is 11.6 Å². The van der Waals surface area contributed by atoms with Crippen molar-refractivity contribution < 1.29 is 19.0 Å². The topological polar surface area (TPSA) is 70.3 Å². The minimum atomic E-state index is -1.11. The van der Waals surface area contributed by atoms with Gasteiger partial charge in [-0.05, 0) is 30.3 Å². The van der Waals surface area contributed by atoms with E-state index >= 15 is 0 Å². The van der Waals surface area contributed by atoms with Crippen LogP contribution in [0.15, 0.2) is 46.9 Å². The molecular formula is C17H11BrFNO3. The summed E-state index contributed by atoms with van der Waals surface area (Å²) in [5, 5.41) is 18.0. The molecule has 0 amide bonds. The quantitative estimate of drug-likeness (QED) is 0.630. The Balaban J connectivity index is 2.47. The standard InChI is InChI=1S/C17H11BrFNO3/c18-13-5-6-16(23-10-17(21)22)11(8-13)7-12(9-20)14-3-1-2-4-15(14)19/h1-8H,10H2,(H,21,22). The first kappa shape index (κ1) is 16.7. The molecule has 0 fully saturated rings. The number of ether oxygens (including phenoxy) is 1. The van der Waals surface area contributed by atoms with E-state index in [2.05, 4.69) is 15.9 Å². The van der Waals surface area contributed by atoms with Crippen molar-refractivity contribution in [3.05, 3.63) is 63.9 Å². The number of aliphatic carboxylic acids is 1. The van der Waals surface area contributed by atoms with Crippen molar-refractivity contribution in [3.63, 3.8) is 0 Å². The van der Waals surface area contributed by atoms with Gasteiger partial charge in [0.05, 0.1) is 11.6 Å². The summed E-state index contributed by atoms with van der Waals surface area (Å²) in [6.45, 7) is -0.510. The summed E-state index contributed by atoms with van der Waals surface area (Å²) in [7, 11) is 0. The van der Waals surface area contributed by atoms with Gasteiger partial charge in [-0.1, -0.05) is 34.1 Å². The highest BCUT2D eigenvalue weighted by molar-refractivity contribution is 9.10. The molecule has 0 aliphatic carbocycles. The SMILES string of the molecule is N#CC(=Cc1cc(Br)ccc1OCC(=O)O)c1ccccc1F. The number of allylic oxidation sites excluding steroid dienone is 1. The number of carboxylic acids is 1. The van der Waals surface area contributed by atoms with E-state index in [9.17, 15) is 14.4 Å². The van der Waals surface area contributed by atoms with Gasteiger partial charge >= 0.3 is 5.97 Å².